The highest BCUT2D eigenvalue weighted by Gasteiger charge is 2.39. The molecule has 2 aromatic rings. The Balaban J connectivity index is 2.09. The Bertz CT molecular complexity index is 1280. The molecule has 3 rings (SSSR count). The van der Waals surface area contributed by atoms with Gasteiger partial charge in [0.05, 0.1) is 17.1 Å². The molecule has 1 aliphatic rings. The monoisotopic (exact) mass is 458 g/mol. The second-order valence-electron chi connectivity index (χ2n) is 7.64. The fraction of sp³-hybridized carbons (Fsp3) is 0.250. The summed E-state index contributed by atoms with van der Waals surface area (Å²) < 4.78 is 33.3. The highest BCUT2D eigenvalue weighted by atomic mass is 32.2. The van der Waals surface area contributed by atoms with Gasteiger partial charge in [-0.2, -0.15) is 18.6 Å². The predicted octanol–water partition coefficient (Wildman–Crippen LogP) is 3.54. The number of azo groups is 1. The number of nitrogens with zero attached hydrogens (tertiary/aromatic N) is 5. The van der Waals surface area contributed by atoms with Gasteiger partial charge in [-0.25, -0.2) is 4.68 Å². The van der Waals surface area contributed by atoms with Crippen LogP contribution in [0.5, 0.6) is 0 Å². The van der Waals surface area contributed by atoms with Gasteiger partial charge in [0.1, 0.15) is 4.75 Å². The van der Waals surface area contributed by atoms with Crippen LogP contribution in [0, 0.1) is 17.0 Å². The number of aromatic nitrogens is 2. The zero-order valence-electron chi connectivity index (χ0n) is 17.6. The summed E-state index contributed by atoms with van der Waals surface area (Å²) in [6.07, 6.45) is 5.82. The quantitative estimate of drug-likeness (QED) is 0.227. The minimum atomic E-state index is -4.67. The summed E-state index contributed by atoms with van der Waals surface area (Å²) in [6.45, 7) is 4.17. The van der Waals surface area contributed by atoms with Crippen molar-refractivity contribution in [2.45, 2.75) is 31.1 Å². The van der Waals surface area contributed by atoms with Crippen LogP contribution in [-0.2, 0) is 10.1 Å². The third-order valence-corrected chi connectivity index (χ3v) is 6.42. The van der Waals surface area contributed by atoms with Gasteiger partial charge in [-0.1, -0.05) is 24.3 Å². The number of hydrogen-bond acceptors (Lipinski definition) is 8. The van der Waals surface area contributed by atoms with Crippen molar-refractivity contribution >= 4 is 21.6 Å². The van der Waals surface area contributed by atoms with Crippen molar-refractivity contribution in [1.82, 2.24) is 9.78 Å². The van der Waals surface area contributed by atoms with E-state index in [4.69, 9.17) is 5.73 Å². The molecule has 11 nitrogen and oxygen atoms in total. The van der Waals surface area contributed by atoms with E-state index >= 15 is 0 Å². The molecular weight excluding hydrogens is 436 g/mol. The molecular formula is C20H22N6O5S. The summed E-state index contributed by atoms with van der Waals surface area (Å²) in [6, 6.07) is 9.13. The van der Waals surface area contributed by atoms with Gasteiger partial charge in [-0.05, 0) is 50.3 Å². The maximum atomic E-state index is 12.0. The minimum absolute atomic E-state index is 0.0196. The number of benzene rings is 1. The molecule has 2 unspecified atom stereocenters. The van der Waals surface area contributed by atoms with E-state index in [1.165, 1.54) is 30.7 Å². The van der Waals surface area contributed by atoms with E-state index in [-0.39, 0.29) is 17.2 Å². The van der Waals surface area contributed by atoms with Crippen LogP contribution in [0.1, 0.15) is 19.5 Å². The molecule has 0 radical (unpaired) electrons. The first-order valence-electron chi connectivity index (χ1n) is 9.42. The molecule has 12 heteroatoms. The fourth-order valence-corrected chi connectivity index (χ4v) is 3.42. The lowest BCUT2D eigenvalue weighted by Gasteiger charge is -2.22. The summed E-state index contributed by atoms with van der Waals surface area (Å²) in [5, 5.41) is 24.0. The Morgan fingerprint density at radius 3 is 2.41 bits per heavy atom. The average Bonchev–Trinajstić information content (AvgIpc) is 3.00. The van der Waals surface area contributed by atoms with Gasteiger partial charge in [-0.15, -0.1) is 5.11 Å². The van der Waals surface area contributed by atoms with Crippen LogP contribution < -0.4 is 5.73 Å². The average molecular weight is 459 g/mol. The number of nitrogen functional groups attached to an aromatic ring is 1. The second kappa shape index (κ2) is 8.13. The first-order valence-corrected chi connectivity index (χ1v) is 10.9. The normalized spacial score (nSPS) is 23.7. The summed E-state index contributed by atoms with van der Waals surface area (Å²) in [5.74, 6) is 0.209. The summed E-state index contributed by atoms with van der Waals surface area (Å²) in [4.78, 5) is 10.9. The summed E-state index contributed by atoms with van der Waals surface area (Å²) in [5.41, 5.74) is 5.89. The molecule has 1 heterocycles. The van der Waals surface area contributed by atoms with Gasteiger partial charge < -0.3 is 5.73 Å². The molecule has 1 aromatic carbocycles. The zero-order chi connectivity index (χ0) is 23.7. The van der Waals surface area contributed by atoms with Gasteiger partial charge in [0.2, 0.25) is 0 Å². The lowest BCUT2D eigenvalue weighted by molar-refractivity contribution is -0.535. The molecule has 1 aromatic heterocycles. The Labute approximate surface area is 184 Å². The second-order valence-corrected chi connectivity index (χ2v) is 9.47. The van der Waals surface area contributed by atoms with E-state index in [1.807, 2.05) is 30.3 Å². The molecule has 168 valence electrons. The Morgan fingerprint density at radius 1 is 1.16 bits per heavy atom. The molecule has 0 bridgehead atoms. The van der Waals surface area contributed by atoms with E-state index in [1.54, 1.807) is 6.92 Å². The van der Waals surface area contributed by atoms with Gasteiger partial charge >= 0.3 is 0 Å². The van der Waals surface area contributed by atoms with Crippen molar-refractivity contribution in [3.05, 3.63) is 82.2 Å². The number of hydrogen-bond donors (Lipinski definition) is 2. The molecule has 0 spiro atoms. The largest absolute Gasteiger partial charge is 0.382 e. The lowest BCUT2D eigenvalue weighted by atomic mass is 9.95. The Morgan fingerprint density at radius 2 is 1.81 bits per heavy atom. The molecule has 0 fully saturated rings. The molecule has 0 saturated heterocycles. The molecule has 0 saturated carbocycles. The van der Waals surface area contributed by atoms with Crippen molar-refractivity contribution in [1.29, 1.82) is 0 Å². The van der Waals surface area contributed by atoms with Crippen LogP contribution in [0.3, 0.4) is 0 Å². The number of rotatable bonds is 5. The molecule has 0 amide bonds. The van der Waals surface area contributed by atoms with E-state index < -0.39 is 25.3 Å². The van der Waals surface area contributed by atoms with Crippen molar-refractivity contribution < 1.29 is 17.9 Å². The maximum absolute atomic E-state index is 12.0. The molecule has 0 aliphatic heterocycles. The summed E-state index contributed by atoms with van der Waals surface area (Å²) in [7, 11) is -4.67. The fourth-order valence-electron chi connectivity index (χ4n) is 2.91. The number of nitrogens with two attached hydrogens (primary N) is 1. The van der Waals surface area contributed by atoms with Gasteiger partial charge in [0.15, 0.2) is 11.5 Å². The Hall–Kier alpha value is -3.64. The number of nitro groups is 1. The topological polar surface area (TPSA) is 166 Å². The molecule has 1 aliphatic carbocycles. The minimum Gasteiger partial charge on any atom is -0.382 e. The smallest absolute Gasteiger partial charge is 0.277 e. The van der Waals surface area contributed by atoms with Crippen molar-refractivity contribution in [3.8, 4) is 5.69 Å². The van der Waals surface area contributed by atoms with Crippen LogP contribution >= 0.6 is 0 Å². The zero-order valence-corrected chi connectivity index (χ0v) is 18.4. The molecule has 3 N–H and O–H groups in total. The SMILES string of the molecule is Cc1nn(-c2ccccc2)c(N)c1N=NC1=CC(C)(S(=O)(=O)O)C=CC(C)([N+](=O)[O-])C=C1. The van der Waals surface area contributed by atoms with Gasteiger partial charge in [-0.3, -0.25) is 14.7 Å². The maximum Gasteiger partial charge on any atom is 0.277 e. The standard InChI is InChI=1S/C20H22N6O5S/c1-14-17(18(21)25(24-14)16-7-5-4-6-8-16)23-22-15-9-10-19(2,26(27)28)11-12-20(3,13-15)32(29,30)31/h4-13H,21H2,1-3H3,(H,29,30,31). The number of aryl methyl sites for hydroxylation is 1. The van der Waals surface area contributed by atoms with Crippen molar-refractivity contribution in [3.63, 3.8) is 0 Å². The van der Waals surface area contributed by atoms with Crippen molar-refractivity contribution in [2.24, 2.45) is 10.2 Å². The van der Waals surface area contributed by atoms with E-state index in [0.29, 0.717) is 11.4 Å². The first kappa shape index (κ1) is 23.0. The van der Waals surface area contributed by atoms with Crippen LogP contribution in [0.2, 0.25) is 0 Å². The third kappa shape index (κ3) is 4.36. The Kier molecular flexibility index (Phi) is 5.85. The van der Waals surface area contributed by atoms with E-state index in [2.05, 4.69) is 15.3 Å². The van der Waals surface area contributed by atoms with Crippen LogP contribution in [0.25, 0.3) is 5.69 Å². The van der Waals surface area contributed by atoms with Gasteiger partial charge in [0, 0.05) is 11.8 Å². The van der Waals surface area contributed by atoms with Crippen LogP contribution in [0.4, 0.5) is 11.5 Å². The number of para-hydroxylation sites is 1. The van der Waals surface area contributed by atoms with Crippen LogP contribution in [0.15, 0.2) is 76.6 Å². The van der Waals surface area contributed by atoms with Crippen molar-refractivity contribution in [2.75, 3.05) is 5.73 Å². The molecule has 2 atom stereocenters. The lowest BCUT2D eigenvalue weighted by Crippen LogP contribution is -2.35. The highest BCUT2D eigenvalue weighted by molar-refractivity contribution is 7.87. The van der Waals surface area contributed by atoms with Gasteiger partial charge in [0.25, 0.3) is 15.7 Å². The number of anilines is 1. The molecule has 32 heavy (non-hydrogen) atoms. The summed E-state index contributed by atoms with van der Waals surface area (Å²) >= 11 is 0. The predicted molar refractivity (Wildman–Crippen MR) is 119 cm³/mol. The first-order chi connectivity index (χ1) is 14.9. The third-order valence-electron chi connectivity index (χ3n) is 5.06. The van der Waals surface area contributed by atoms with Crippen LogP contribution in [-0.4, -0.2) is 38.0 Å². The number of allylic oxidation sites excluding steroid dienone is 1. The highest BCUT2D eigenvalue weighted by Crippen LogP contribution is 2.32. The van der Waals surface area contributed by atoms with E-state index in [0.717, 1.165) is 18.2 Å². The van der Waals surface area contributed by atoms with E-state index in [9.17, 15) is 23.1 Å².